The lowest BCUT2D eigenvalue weighted by Gasteiger charge is -2.08. The SMILES string of the molecule is COP(=O)(/C=C/C1=CCCCCC1)OC. The van der Waals surface area contributed by atoms with Crippen molar-refractivity contribution in [3.05, 3.63) is 23.5 Å². The minimum absolute atomic E-state index is 1.06. The second kappa shape index (κ2) is 6.26. The molecule has 0 aromatic heterocycles. The average Bonchev–Trinajstić information content (AvgIpc) is 2.54. The highest BCUT2D eigenvalue weighted by Crippen LogP contribution is 2.48. The van der Waals surface area contributed by atoms with E-state index in [4.69, 9.17) is 9.05 Å². The molecule has 1 aliphatic rings. The molecule has 0 atom stereocenters. The van der Waals surface area contributed by atoms with Gasteiger partial charge < -0.3 is 9.05 Å². The lowest BCUT2D eigenvalue weighted by atomic mass is 10.1. The first-order valence-corrected chi connectivity index (χ1v) is 6.91. The number of rotatable bonds is 4. The summed E-state index contributed by atoms with van der Waals surface area (Å²) in [4.78, 5) is 0. The summed E-state index contributed by atoms with van der Waals surface area (Å²) in [7, 11) is -0.186. The van der Waals surface area contributed by atoms with Gasteiger partial charge in [0.15, 0.2) is 0 Å². The molecule has 0 aliphatic heterocycles. The third-order valence-corrected chi connectivity index (χ3v) is 4.09. The van der Waals surface area contributed by atoms with Crippen LogP contribution in [0.5, 0.6) is 0 Å². The quantitative estimate of drug-likeness (QED) is 0.687. The first kappa shape index (κ1) is 12.7. The smallest absolute Gasteiger partial charge is 0.309 e. The molecule has 0 bridgehead atoms. The maximum absolute atomic E-state index is 11.7. The summed E-state index contributed by atoms with van der Waals surface area (Å²) >= 11 is 0. The van der Waals surface area contributed by atoms with Crippen LogP contribution in [0.15, 0.2) is 23.5 Å². The zero-order valence-corrected chi connectivity index (χ0v) is 10.3. The van der Waals surface area contributed by atoms with Gasteiger partial charge in [0, 0.05) is 20.0 Å². The predicted octanol–water partition coefficient (Wildman–Crippen LogP) is 3.88. The molecule has 0 aromatic rings. The summed E-state index contributed by atoms with van der Waals surface area (Å²) in [6.45, 7) is 0. The average molecular weight is 230 g/mol. The van der Waals surface area contributed by atoms with Crippen molar-refractivity contribution in [1.29, 1.82) is 0 Å². The molecular weight excluding hydrogens is 211 g/mol. The van der Waals surface area contributed by atoms with Gasteiger partial charge in [-0.15, -0.1) is 0 Å². The standard InChI is InChI=1S/C11H19O3P/c1-13-15(12,14-2)10-9-11-7-5-3-4-6-8-11/h7,9-10H,3-6,8H2,1-2H3/b10-9+. The second-order valence-corrected chi connectivity index (χ2v) is 5.71. The molecule has 4 heteroatoms. The highest BCUT2D eigenvalue weighted by Gasteiger charge is 2.15. The lowest BCUT2D eigenvalue weighted by molar-refractivity contribution is 0.286. The van der Waals surface area contributed by atoms with Crippen molar-refractivity contribution in [1.82, 2.24) is 0 Å². The highest BCUT2D eigenvalue weighted by atomic mass is 31.2. The van der Waals surface area contributed by atoms with Crippen LogP contribution in [0.4, 0.5) is 0 Å². The zero-order valence-electron chi connectivity index (χ0n) is 9.44. The molecular formula is C11H19O3P. The molecule has 0 saturated carbocycles. The Hall–Kier alpha value is -0.370. The van der Waals surface area contributed by atoms with Gasteiger partial charge in [-0.3, -0.25) is 4.57 Å². The van der Waals surface area contributed by atoms with Gasteiger partial charge in [-0.1, -0.05) is 24.1 Å². The van der Waals surface area contributed by atoms with E-state index in [1.807, 2.05) is 6.08 Å². The van der Waals surface area contributed by atoms with Gasteiger partial charge in [-0.25, -0.2) is 0 Å². The van der Waals surface area contributed by atoms with Gasteiger partial charge in [-0.2, -0.15) is 0 Å². The number of hydrogen-bond acceptors (Lipinski definition) is 3. The molecule has 0 radical (unpaired) electrons. The third-order valence-electron chi connectivity index (χ3n) is 2.56. The molecule has 1 aliphatic carbocycles. The zero-order chi connectivity index (χ0) is 11.1. The van der Waals surface area contributed by atoms with E-state index in [9.17, 15) is 4.57 Å². The van der Waals surface area contributed by atoms with Gasteiger partial charge >= 0.3 is 7.60 Å². The number of hydrogen-bond donors (Lipinski definition) is 0. The van der Waals surface area contributed by atoms with Gasteiger partial charge in [0.2, 0.25) is 0 Å². The van der Waals surface area contributed by atoms with Crippen molar-refractivity contribution >= 4 is 7.60 Å². The van der Waals surface area contributed by atoms with Crippen molar-refractivity contribution < 1.29 is 13.6 Å². The van der Waals surface area contributed by atoms with Crippen LogP contribution in [0.1, 0.15) is 32.1 Å². The van der Waals surface area contributed by atoms with E-state index < -0.39 is 7.60 Å². The van der Waals surface area contributed by atoms with Crippen LogP contribution in [0.3, 0.4) is 0 Å². The van der Waals surface area contributed by atoms with Crippen LogP contribution in [-0.2, 0) is 13.6 Å². The Balaban J connectivity index is 2.62. The fourth-order valence-corrected chi connectivity index (χ4v) is 2.34. The van der Waals surface area contributed by atoms with Crippen LogP contribution in [0.25, 0.3) is 0 Å². The van der Waals surface area contributed by atoms with E-state index in [-0.39, 0.29) is 0 Å². The van der Waals surface area contributed by atoms with Crippen LogP contribution >= 0.6 is 7.60 Å². The topological polar surface area (TPSA) is 35.5 Å². The molecule has 0 aromatic carbocycles. The largest absolute Gasteiger partial charge is 0.353 e. The van der Waals surface area contributed by atoms with E-state index in [1.54, 1.807) is 5.82 Å². The van der Waals surface area contributed by atoms with E-state index in [2.05, 4.69) is 6.08 Å². The van der Waals surface area contributed by atoms with Crippen molar-refractivity contribution in [3.8, 4) is 0 Å². The molecule has 0 N–H and O–H groups in total. The van der Waals surface area contributed by atoms with Crippen molar-refractivity contribution in [2.45, 2.75) is 32.1 Å². The van der Waals surface area contributed by atoms with Crippen molar-refractivity contribution in [3.63, 3.8) is 0 Å². The summed E-state index contributed by atoms with van der Waals surface area (Å²) in [6.07, 6.45) is 10.00. The van der Waals surface area contributed by atoms with Crippen molar-refractivity contribution in [2.24, 2.45) is 0 Å². The van der Waals surface area contributed by atoms with Crippen LogP contribution in [0.2, 0.25) is 0 Å². The molecule has 86 valence electrons. The Morgan fingerprint density at radius 3 is 2.67 bits per heavy atom. The molecule has 0 heterocycles. The molecule has 3 nitrogen and oxygen atoms in total. The molecule has 1 rings (SSSR count). The Morgan fingerprint density at radius 2 is 2.00 bits per heavy atom. The Labute approximate surface area is 91.7 Å². The summed E-state index contributed by atoms with van der Waals surface area (Å²) < 4.78 is 21.4. The maximum atomic E-state index is 11.7. The molecule has 0 spiro atoms. The first-order chi connectivity index (χ1) is 7.20. The lowest BCUT2D eigenvalue weighted by Crippen LogP contribution is -1.84. The van der Waals surface area contributed by atoms with Gasteiger partial charge in [0.1, 0.15) is 0 Å². The summed E-state index contributed by atoms with van der Waals surface area (Å²) in [5, 5.41) is 0. The number of allylic oxidation sites excluding steroid dienone is 3. The molecule has 0 amide bonds. The normalized spacial score (nSPS) is 18.9. The van der Waals surface area contributed by atoms with Gasteiger partial charge in [0.25, 0.3) is 0 Å². The molecule has 0 fully saturated rings. The van der Waals surface area contributed by atoms with Crippen molar-refractivity contribution in [2.75, 3.05) is 14.2 Å². The monoisotopic (exact) mass is 230 g/mol. The Morgan fingerprint density at radius 1 is 1.27 bits per heavy atom. The van der Waals surface area contributed by atoms with Gasteiger partial charge in [0.05, 0.1) is 0 Å². The third kappa shape index (κ3) is 4.33. The molecule has 0 unspecified atom stereocenters. The van der Waals surface area contributed by atoms with E-state index >= 15 is 0 Å². The summed E-state index contributed by atoms with van der Waals surface area (Å²) in [5.74, 6) is 1.55. The molecule has 15 heavy (non-hydrogen) atoms. The predicted molar refractivity (Wildman–Crippen MR) is 61.9 cm³/mol. The first-order valence-electron chi connectivity index (χ1n) is 5.29. The highest BCUT2D eigenvalue weighted by molar-refractivity contribution is 7.57. The second-order valence-electron chi connectivity index (χ2n) is 3.60. The minimum atomic E-state index is -2.98. The summed E-state index contributed by atoms with van der Waals surface area (Å²) in [6, 6.07) is 0. The van der Waals surface area contributed by atoms with Crippen LogP contribution in [-0.4, -0.2) is 14.2 Å². The van der Waals surface area contributed by atoms with Crippen LogP contribution < -0.4 is 0 Å². The fraction of sp³-hybridized carbons (Fsp3) is 0.636. The summed E-state index contributed by atoms with van der Waals surface area (Å²) in [5.41, 5.74) is 1.24. The fourth-order valence-electron chi connectivity index (χ4n) is 1.57. The van der Waals surface area contributed by atoms with E-state index in [0.717, 1.165) is 12.8 Å². The van der Waals surface area contributed by atoms with Gasteiger partial charge in [-0.05, 0) is 25.7 Å². The van der Waals surface area contributed by atoms with E-state index in [0.29, 0.717) is 0 Å². The van der Waals surface area contributed by atoms with E-state index in [1.165, 1.54) is 39.1 Å². The Kier molecular flexibility index (Phi) is 5.30. The molecule has 0 saturated heterocycles. The van der Waals surface area contributed by atoms with Crippen LogP contribution in [0, 0.1) is 0 Å². The Bertz CT molecular complexity index is 286. The minimum Gasteiger partial charge on any atom is -0.309 e. The maximum Gasteiger partial charge on any atom is 0.353 e.